The van der Waals surface area contributed by atoms with Gasteiger partial charge >= 0.3 is 0 Å². The largest absolute Gasteiger partial charge is 0.343 e. The summed E-state index contributed by atoms with van der Waals surface area (Å²) in [5.74, 6) is 0.437. The minimum Gasteiger partial charge on any atom is -0.343 e. The second-order valence-corrected chi connectivity index (χ2v) is 5.82. The first-order valence-corrected chi connectivity index (χ1v) is 6.95. The molecule has 0 aromatic carbocycles. The van der Waals surface area contributed by atoms with Gasteiger partial charge in [0.05, 0.1) is 18.8 Å². The van der Waals surface area contributed by atoms with Crippen molar-refractivity contribution >= 4 is 11.8 Å². The van der Waals surface area contributed by atoms with Crippen LogP contribution < -0.4 is 10.6 Å². The van der Waals surface area contributed by atoms with E-state index >= 15 is 0 Å². The van der Waals surface area contributed by atoms with E-state index in [2.05, 4.69) is 10.6 Å². The van der Waals surface area contributed by atoms with E-state index in [0.29, 0.717) is 6.67 Å². The molecule has 2 aliphatic rings. The lowest BCUT2D eigenvalue weighted by Crippen LogP contribution is -2.61. The first-order valence-electron chi connectivity index (χ1n) is 6.95. The average Bonchev–Trinajstić information content (AvgIpc) is 2.74. The van der Waals surface area contributed by atoms with E-state index in [-0.39, 0.29) is 35.9 Å². The van der Waals surface area contributed by atoms with Gasteiger partial charge in [-0.2, -0.15) is 0 Å². The van der Waals surface area contributed by atoms with Crippen molar-refractivity contribution in [3.05, 3.63) is 0 Å². The van der Waals surface area contributed by atoms with Gasteiger partial charge in [-0.3, -0.25) is 14.9 Å². The highest BCUT2D eigenvalue weighted by atomic mass is 16.2. The van der Waals surface area contributed by atoms with Crippen LogP contribution in [0.1, 0.15) is 20.8 Å². The van der Waals surface area contributed by atoms with Gasteiger partial charge in [0.2, 0.25) is 11.8 Å². The molecule has 2 aliphatic heterocycles. The Labute approximate surface area is 114 Å². The molecule has 19 heavy (non-hydrogen) atoms. The number of hydrogen-bond donors (Lipinski definition) is 2. The van der Waals surface area contributed by atoms with Crippen LogP contribution in [0, 0.1) is 5.92 Å². The number of nitrogens with zero attached hydrogens (tertiary/aromatic N) is 2. The van der Waals surface area contributed by atoms with Crippen LogP contribution in [-0.4, -0.2) is 66.5 Å². The van der Waals surface area contributed by atoms with Gasteiger partial charge in [0.25, 0.3) is 0 Å². The van der Waals surface area contributed by atoms with Crippen molar-refractivity contribution in [1.29, 1.82) is 0 Å². The summed E-state index contributed by atoms with van der Waals surface area (Å²) >= 11 is 0. The number of hydrogen-bond acceptors (Lipinski definition) is 4. The minimum atomic E-state index is -0.296. The molecule has 2 heterocycles. The van der Waals surface area contributed by atoms with Crippen molar-refractivity contribution in [2.45, 2.75) is 38.9 Å². The lowest BCUT2D eigenvalue weighted by atomic mass is 10.0. The van der Waals surface area contributed by atoms with Crippen molar-refractivity contribution in [2.75, 3.05) is 26.8 Å². The Morgan fingerprint density at radius 3 is 2.37 bits per heavy atom. The number of carbonyl (C=O) groups excluding carboxylic acids is 2. The molecule has 3 atom stereocenters. The molecule has 6 nitrogen and oxygen atoms in total. The lowest BCUT2D eigenvalue weighted by molar-refractivity contribution is -0.139. The molecular weight excluding hydrogens is 244 g/mol. The van der Waals surface area contributed by atoms with Gasteiger partial charge in [-0.1, -0.05) is 13.8 Å². The zero-order valence-corrected chi connectivity index (χ0v) is 12.1. The van der Waals surface area contributed by atoms with Crippen LogP contribution in [0.3, 0.4) is 0 Å². The summed E-state index contributed by atoms with van der Waals surface area (Å²) in [6, 6.07) is -0.548. The Balaban J connectivity index is 2.06. The number of amides is 2. The van der Waals surface area contributed by atoms with E-state index in [1.807, 2.05) is 27.8 Å². The third-order valence-corrected chi connectivity index (χ3v) is 4.13. The molecule has 0 bridgehead atoms. The molecule has 2 saturated heterocycles. The summed E-state index contributed by atoms with van der Waals surface area (Å²) in [6.45, 7) is 8.03. The molecule has 2 amide bonds. The SMILES string of the molecule is CC(C)C1NCN(C(C)C2NCCN(C)C2=O)C1=O. The highest BCUT2D eigenvalue weighted by Crippen LogP contribution is 2.17. The number of likely N-dealkylation sites (N-methyl/N-ethyl adjacent to an activating group) is 1. The van der Waals surface area contributed by atoms with Crippen molar-refractivity contribution in [1.82, 2.24) is 20.4 Å². The first-order chi connectivity index (χ1) is 8.93. The fourth-order valence-corrected chi connectivity index (χ4v) is 2.79. The zero-order chi connectivity index (χ0) is 14.2. The maximum Gasteiger partial charge on any atom is 0.241 e. The van der Waals surface area contributed by atoms with E-state index in [0.717, 1.165) is 13.1 Å². The summed E-state index contributed by atoms with van der Waals surface area (Å²) in [5.41, 5.74) is 0. The summed E-state index contributed by atoms with van der Waals surface area (Å²) in [5, 5.41) is 6.45. The molecule has 3 unspecified atom stereocenters. The fourth-order valence-electron chi connectivity index (χ4n) is 2.79. The Morgan fingerprint density at radius 2 is 1.79 bits per heavy atom. The molecule has 2 rings (SSSR count). The average molecular weight is 268 g/mol. The van der Waals surface area contributed by atoms with Gasteiger partial charge in [-0.05, 0) is 12.8 Å². The van der Waals surface area contributed by atoms with Crippen molar-refractivity contribution in [3.8, 4) is 0 Å². The number of nitrogens with one attached hydrogen (secondary N) is 2. The maximum atomic E-state index is 12.3. The van der Waals surface area contributed by atoms with Crippen LogP contribution in [0.15, 0.2) is 0 Å². The third kappa shape index (κ3) is 2.60. The van der Waals surface area contributed by atoms with E-state index in [1.54, 1.807) is 9.80 Å². The predicted molar refractivity (Wildman–Crippen MR) is 72.4 cm³/mol. The maximum absolute atomic E-state index is 12.3. The number of piperazine rings is 1. The molecule has 0 aromatic rings. The highest BCUT2D eigenvalue weighted by molar-refractivity contribution is 5.87. The standard InChI is InChI=1S/C13H24N4O2/c1-8(2)10-13(19)17(7-15-10)9(3)11-12(18)16(4)6-5-14-11/h8-11,14-15H,5-7H2,1-4H3. The van der Waals surface area contributed by atoms with E-state index in [4.69, 9.17) is 0 Å². The molecule has 2 fully saturated rings. The van der Waals surface area contributed by atoms with Gasteiger partial charge in [0.15, 0.2) is 0 Å². The fraction of sp³-hybridized carbons (Fsp3) is 0.846. The second kappa shape index (κ2) is 5.46. The molecule has 0 aromatic heterocycles. The van der Waals surface area contributed by atoms with Gasteiger partial charge in [0.1, 0.15) is 6.04 Å². The predicted octanol–water partition coefficient (Wildman–Crippen LogP) is -0.781. The molecule has 6 heteroatoms. The van der Waals surface area contributed by atoms with Crippen LogP contribution in [0.5, 0.6) is 0 Å². The molecule has 0 radical (unpaired) electrons. The van der Waals surface area contributed by atoms with Gasteiger partial charge in [-0.25, -0.2) is 0 Å². The van der Waals surface area contributed by atoms with Crippen LogP contribution >= 0.6 is 0 Å². The van der Waals surface area contributed by atoms with Crippen molar-refractivity contribution in [2.24, 2.45) is 5.92 Å². The van der Waals surface area contributed by atoms with Crippen molar-refractivity contribution in [3.63, 3.8) is 0 Å². The first kappa shape index (κ1) is 14.3. The smallest absolute Gasteiger partial charge is 0.241 e. The third-order valence-electron chi connectivity index (χ3n) is 4.13. The van der Waals surface area contributed by atoms with E-state index < -0.39 is 0 Å². The molecular formula is C13H24N4O2. The summed E-state index contributed by atoms with van der Waals surface area (Å²) in [6.07, 6.45) is 0. The molecule has 108 valence electrons. The zero-order valence-electron chi connectivity index (χ0n) is 12.1. The number of carbonyl (C=O) groups is 2. The Bertz CT molecular complexity index is 372. The normalized spacial score (nSPS) is 30.4. The molecule has 2 N–H and O–H groups in total. The Kier molecular flexibility index (Phi) is 4.10. The van der Waals surface area contributed by atoms with Crippen LogP contribution in [0.4, 0.5) is 0 Å². The van der Waals surface area contributed by atoms with Gasteiger partial charge < -0.3 is 15.1 Å². The van der Waals surface area contributed by atoms with E-state index in [9.17, 15) is 9.59 Å². The monoisotopic (exact) mass is 268 g/mol. The molecule has 0 saturated carbocycles. The van der Waals surface area contributed by atoms with Crippen LogP contribution in [-0.2, 0) is 9.59 Å². The van der Waals surface area contributed by atoms with Crippen molar-refractivity contribution < 1.29 is 9.59 Å². The second-order valence-electron chi connectivity index (χ2n) is 5.82. The summed E-state index contributed by atoms with van der Waals surface area (Å²) in [4.78, 5) is 28.0. The number of rotatable bonds is 3. The summed E-state index contributed by atoms with van der Waals surface area (Å²) in [7, 11) is 1.81. The Morgan fingerprint density at radius 1 is 1.11 bits per heavy atom. The van der Waals surface area contributed by atoms with Crippen LogP contribution in [0.25, 0.3) is 0 Å². The summed E-state index contributed by atoms with van der Waals surface area (Å²) < 4.78 is 0. The Hall–Kier alpha value is -1.14. The molecule has 0 spiro atoms. The topological polar surface area (TPSA) is 64.7 Å². The lowest BCUT2D eigenvalue weighted by Gasteiger charge is -2.37. The molecule has 0 aliphatic carbocycles. The van der Waals surface area contributed by atoms with Gasteiger partial charge in [-0.15, -0.1) is 0 Å². The van der Waals surface area contributed by atoms with Gasteiger partial charge in [0, 0.05) is 20.1 Å². The minimum absolute atomic E-state index is 0.0690. The van der Waals surface area contributed by atoms with Crippen LogP contribution in [0.2, 0.25) is 0 Å². The quantitative estimate of drug-likeness (QED) is 0.705. The highest BCUT2D eigenvalue weighted by Gasteiger charge is 2.41. The van der Waals surface area contributed by atoms with E-state index in [1.165, 1.54) is 0 Å².